The number of aryl methyl sites for hydroxylation is 1. The highest BCUT2D eigenvalue weighted by atomic mass is 79.9. The van der Waals surface area contributed by atoms with E-state index >= 15 is 0 Å². The van der Waals surface area contributed by atoms with Crippen molar-refractivity contribution in [3.05, 3.63) is 45.6 Å². The molecule has 2 rings (SSSR count). The van der Waals surface area contributed by atoms with Crippen molar-refractivity contribution in [2.24, 2.45) is 0 Å². The van der Waals surface area contributed by atoms with Crippen LogP contribution < -0.4 is 5.32 Å². The minimum Gasteiger partial charge on any atom is -0.368 e. The van der Waals surface area contributed by atoms with Gasteiger partial charge in [0, 0.05) is 10.5 Å². The van der Waals surface area contributed by atoms with Gasteiger partial charge >= 0.3 is 0 Å². The Bertz CT molecular complexity index is 601. The number of nitrogens with one attached hydrogen (secondary N) is 1. The highest BCUT2D eigenvalue weighted by molar-refractivity contribution is 9.10. The van der Waals surface area contributed by atoms with E-state index in [-0.39, 0.29) is 6.04 Å². The van der Waals surface area contributed by atoms with E-state index in [1.165, 1.54) is 17.1 Å². The lowest BCUT2D eigenvalue weighted by molar-refractivity contribution is 0.887. The predicted octanol–water partition coefficient (Wildman–Crippen LogP) is 4.26. The summed E-state index contributed by atoms with van der Waals surface area (Å²) in [5.74, 6) is 0. The van der Waals surface area contributed by atoms with E-state index in [2.05, 4.69) is 50.7 Å². The lowest BCUT2D eigenvalue weighted by atomic mass is 10.1. The minimum atomic E-state index is 0.134. The number of halogens is 1. The Balaban J connectivity index is 2.22. The Morgan fingerprint density at radius 3 is 2.94 bits per heavy atom. The number of rotatable bonds is 3. The van der Waals surface area contributed by atoms with Gasteiger partial charge in [-0.15, -0.1) is 0 Å². The van der Waals surface area contributed by atoms with Crippen molar-refractivity contribution in [2.75, 3.05) is 5.32 Å². The minimum absolute atomic E-state index is 0.134. The van der Waals surface area contributed by atoms with Gasteiger partial charge < -0.3 is 5.32 Å². The molecule has 1 unspecified atom stereocenters. The zero-order chi connectivity index (χ0) is 13.1. The largest absolute Gasteiger partial charge is 0.368 e. The van der Waals surface area contributed by atoms with E-state index in [1.807, 2.05) is 19.1 Å². The van der Waals surface area contributed by atoms with Crippen molar-refractivity contribution in [3.8, 4) is 6.07 Å². The van der Waals surface area contributed by atoms with Gasteiger partial charge in [-0.1, -0.05) is 28.1 Å². The van der Waals surface area contributed by atoms with Crippen LogP contribution in [0.1, 0.15) is 29.8 Å². The van der Waals surface area contributed by atoms with Crippen LogP contribution in [0, 0.1) is 18.3 Å². The summed E-state index contributed by atoms with van der Waals surface area (Å²) in [7, 11) is 0. The number of aromatic nitrogens is 1. The average Bonchev–Trinajstić information content (AvgIpc) is 2.69. The molecule has 0 fully saturated rings. The van der Waals surface area contributed by atoms with Crippen LogP contribution in [-0.2, 0) is 0 Å². The Hall–Kier alpha value is -1.38. The van der Waals surface area contributed by atoms with E-state index in [0.717, 1.165) is 15.2 Å². The standard InChI is InChI=1S/C13H12BrN3S/c1-8(10-4-3-5-11(14)6-10)16-13-12(7-15)9(2)17-18-13/h3-6,8,16H,1-2H3. The summed E-state index contributed by atoms with van der Waals surface area (Å²) in [4.78, 5) is 0. The lowest BCUT2D eigenvalue weighted by Crippen LogP contribution is -2.06. The first-order valence-corrected chi connectivity index (χ1v) is 7.07. The van der Waals surface area contributed by atoms with Crippen LogP contribution >= 0.6 is 27.5 Å². The monoisotopic (exact) mass is 321 g/mol. The van der Waals surface area contributed by atoms with Gasteiger partial charge in [-0.25, -0.2) is 0 Å². The van der Waals surface area contributed by atoms with Gasteiger partial charge in [0.15, 0.2) is 0 Å². The molecule has 0 saturated heterocycles. The fourth-order valence-corrected chi connectivity index (χ4v) is 2.91. The Kier molecular flexibility index (Phi) is 4.00. The van der Waals surface area contributed by atoms with Crippen LogP contribution in [0.15, 0.2) is 28.7 Å². The molecule has 1 N–H and O–H groups in total. The number of anilines is 1. The lowest BCUT2D eigenvalue weighted by Gasteiger charge is -2.14. The van der Waals surface area contributed by atoms with Crippen molar-refractivity contribution >= 4 is 32.5 Å². The molecule has 18 heavy (non-hydrogen) atoms. The zero-order valence-corrected chi connectivity index (χ0v) is 12.5. The molecule has 1 aromatic carbocycles. The Morgan fingerprint density at radius 2 is 2.28 bits per heavy atom. The number of hydrogen-bond donors (Lipinski definition) is 1. The first-order valence-electron chi connectivity index (χ1n) is 5.50. The topological polar surface area (TPSA) is 48.7 Å². The average molecular weight is 322 g/mol. The van der Waals surface area contributed by atoms with E-state index in [4.69, 9.17) is 5.26 Å². The van der Waals surface area contributed by atoms with Gasteiger partial charge in [-0.05, 0) is 43.1 Å². The van der Waals surface area contributed by atoms with E-state index in [1.54, 1.807) is 0 Å². The molecule has 2 aromatic rings. The van der Waals surface area contributed by atoms with Crippen molar-refractivity contribution in [1.82, 2.24) is 4.37 Å². The van der Waals surface area contributed by atoms with Crippen LogP contribution in [0.25, 0.3) is 0 Å². The molecule has 5 heteroatoms. The SMILES string of the molecule is Cc1nsc(NC(C)c2cccc(Br)c2)c1C#N. The van der Waals surface area contributed by atoms with Gasteiger partial charge in [0.05, 0.1) is 5.69 Å². The van der Waals surface area contributed by atoms with Gasteiger partial charge in [0.2, 0.25) is 0 Å². The van der Waals surface area contributed by atoms with Crippen LogP contribution in [0.2, 0.25) is 0 Å². The fraction of sp³-hybridized carbons (Fsp3) is 0.231. The zero-order valence-electron chi connectivity index (χ0n) is 10.1. The quantitative estimate of drug-likeness (QED) is 0.918. The molecular formula is C13H12BrN3S. The maximum Gasteiger partial charge on any atom is 0.128 e. The van der Waals surface area contributed by atoms with Gasteiger partial charge in [0.1, 0.15) is 16.6 Å². The molecule has 0 spiro atoms. The molecule has 92 valence electrons. The summed E-state index contributed by atoms with van der Waals surface area (Å²) in [5.41, 5.74) is 2.59. The molecule has 1 atom stereocenters. The van der Waals surface area contributed by atoms with Gasteiger partial charge in [0.25, 0.3) is 0 Å². The summed E-state index contributed by atoms with van der Waals surface area (Å²) >= 11 is 4.79. The predicted molar refractivity (Wildman–Crippen MR) is 77.7 cm³/mol. The molecule has 0 amide bonds. The molecule has 1 aromatic heterocycles. The number of hydrogen-bond acceptors (Lipinski definition) is 4. The van der Waals surface area contributed by atoms with Crippen molar-refractivity contribution in [1.29, 1.82) is 5.26 Å². The van der Waals surface area contributed by atoms with Crippen LogP contribution in [0.5, 0.6) is 0 Å². The second kappa shape index (κ2) is 5.51. The fourth-order valence-electron chi connectivity index (χ4n) is 1.66. The third-order valence-electron chi connectivity index (χ3n) is 2.67. The molecule has 0 aliphatic heterocycles. The van der Waals surface area contributed by atoms with Crippen LogP contribution in [0.3, 0.4) is 0 Å². The molecule has 1 heterocycles. The number of nitrogens with zero attached hydrogens (tertiary/aromatic N) is 2. The maximum absolute atomic E-state index is 9.08. The van der Waals surface area contributed by atoms with E-state index in [0.29, 0.717) is 5.56 Å². The van der Waals surface area contributed by atoms with Gasteiger partial charge in [-0.3, -0.25) is 0 Å². The second-order valence-electron chi connectivity index (χ2n) is 4.00. The smallest absolute Gasteiger partial charge is 0.128 e. The summed E-state index contributed by atoms with van der Waals surface area (Å²) in [6, 6.07) is 10.4. The Morgan fingerprint density at radius 1 is 1.50 bits per heavy atom. The highest BCUT2D eigenvalue weighted by Gasteiger charge is 2.13. The molecular weight excluding hydrogens is 310 g/mol. The first-order chi connectivity index (χ1) is 8.61. The highest BCUT2D eigenvalue weighted by Crippen LogP contribution is 2.28. The first kappa shape index (κ1) is 13.1. The number of nitriles is 1. The molecule has 0 bridgehead atoms. The van der Waals surface area contributed by atoms with E-state index in [9.17, 15) is 0 Å². The molecule has 0 aliphatic carbocycles. The molecule has 0 saturated carbocycles. The molecule has 0 radical (unpaired) electrons. The number of benzene rings is 1. The van der Waals surface area contributed by atoms with Crippen LogP contribution in [0.4, 0.5) is 5.00 Å². The van der Waals surface area contributed by atoms with Crippen molar-refractivity contribution in [3.63, 3.8) is 0 Å². The summed E-state index contributed by atoms with van der Waals surface area (Å²) in [5, 5.41) is 13.3. The van der Waals surface area contributed by atoms with Gasteiger partial charge in [-0.2, -0.15) is 9.64 Å². The maximum atomic E-state index is 9.08. The molecule has 0 aliphatic rings. The third kappa shape index (κ3) is 2.71. The van der Waals surface area contributed by atoms with Crippen molar-refractivity contribution < 1.29 is 0 Å². The van der Waals surface area contributed by atoms with Crippen LogP contribution in [-0.4, -0.2) is 4.37 Å². The van der Waals surface area contributed by atoms with Crippen molar-refractivity contribution in [2.45, 2.75) is 19.9 Å². The molecule has 3 nitrogen and oxygen atoms in total. The summed E-state index contributed by atoms with van der Waals surface area (Å²) in [6.45, 7) is 3.92. The Labute approximate surface area is 119 Å². The normalized spacial score (nSPS) is 11.9. The third-order valence-corrected chi connectivity index (χ3v) is 4.03. The summed E-state index contributed by atoms with van der Waals surface area (Å²) < 4.78 is 5.25. The summed E-state index contributed by atoms with van der Waals surface area (Å²) in [6.07, 6.45) is 0. The second-order valence-corrected chi connectivity index (χ2v) is 5.69. The van der Waals surface area contributed by atoms with E-state index < -0.39 is 0 Å².